The van der Waals surface area contributed by atoms with Gasteiger partial charge in [0.1, 0.15) is 0 Å². The van der Waals surface area contributed by atoms with E-state index in [2.05, 4.69) is 16.2 Å². The van der Waals surface area contributed by atoms with Crippen molar-refractivity contribution < 1.29 is 0 Å². The van der Waals surface area contributed by atoms with E-state index in [0.717, 1.165) is 16.3 Å². The first kappa shape index (κ1) is 16.1. The van der Waals surface area contributed by atoms with Gasteiger partial charge in [-0.1, -0.05) is 48.0 Å². The number of pyridine rings is 1. The summed E-state index contributed by atoms with van der Waals surface area (Å²) in [6.45, 7) is 0. The average molecular weight is 361 g/mol. The van der Waals surface area contributed by atoms with E-state index in [4.69, 9.17) is 11.6 Å². The third kappa shape index (κ3) is 2.77. The number of nitrogens with zero attached hydrogens (tertiary/aromatic N) is 3. The number of benzene rings is 2. The van der Waals surface area contributed by atoms with E-state index in [1.807, 2.05) is 36.4 Å². The predicted molar refractivity (Wildman–Crippen MR) is 101 cm³/mol. The molecule has 0 bridgehead atoms. The number of halogens is 1. The van der Waals surface area contributed by atoms with Gasteiger partial charge in [0.25, 0.3) is 5.56 Å². The van der Waals surface area contributed by atoms with E-state index in [0.29, 0.717) is 16.3 Å². The lowest BCUT2D eigenvalue weighted by molar-refractivity contribution is 0.605. The van der Waals surface area contributed by atoms with Crippen molar-refractivity contribution in [3.05, 3.63) is 87.9 Å². The zero-order valence-electron chi connectivity index (χ0n) is 13.6. The minimum absolute atomic E-state index is 0.292. The van der Waals surface area contributed by atoms with E-state index in [1.165, 1.54) is 10.7 Å². The van der Waals surface area contributed by atoms with Crippen molar-refractivity contribution in [1.29, 1.82) is 5.26 Å². The van der Waals surface area contributed by atoms with Gasteiger partial charge >= 0.3 is 0 Å². The molecule has 0 fully saturated rings. The van der Waals surface area contributed by atoms with Gasteiger partial charge in [-0.05, 0) is 17.5 Å². The molecule has 0 aliphatic rings. The van der Waals surface area contributed by atoms with Gasteiger partial charge in [-0.25, -0.2) is 4.68 Å². The molecule has 126 valence electrons. The second-order valence-corrected chi connectivity index (χ2v) is 6.31. The topological polar surface area (TPSA) is 74.5 Å². The van der Waals surface area contributed by atoms with Crippen molar-refractivity contribution in [2.24, 2.45) is 0 Å². The molecule has 1 N–H and O–H groups in total. The molecule has 6 heteroatoms. The van der Waals surface area contributed by atoms with Crippen molar-refractivity contribution in [1.82, 2.24) is 14.8 Å². The molecular formula is C20H13ClN4O. The normalized spacial score (nSPS) is 12.0. The lowest BCUT2D eigenvalue weighted by Crippen LogP contribution is -2.22. The van der Waals surface area contributed by atoms with Crippen LogP contribution in [0.3, 0.4) is 0 Å². The van der Waals surface area contributed by atoms with Crippen LogP contribution in [0.1, 0.15) is 11.6 Å². The fourth-order valence-corrected chi connectivity index (χ4v) is 3.22. The Morgan fingerprint density at radius 2 is 1.96 bits per heavy atom. The minimum atomic E-state index is -0.811. The maximum Gasteiger partial charge on any atom is 0.268 e. The van der Waals surface area contributed by atoms with Crippen molar-refractivity contribution in [3.63, 3.8) is 0 Å². The zero-order valence-corrected chi connectivity index (χ0v) is 14.3. The number of rotatable bonds is 3. The van der Waals surface area contributed by atoms with Gasteiger partial charge in [0.2, 0.25) is 0 Å². The predicted octanol–water partition coefficient (Wildman–Crippen LogP) is 4.16. The van der Waals surface area contributed by atoms with Crippen LogP contribution in [0.25, 0.3) is 22.0 Å². The molecule has 1 atom stereocenters. The summed E-state index contributed by atoms with van der Waals surface area (Å²) in [4.78, 5) is 16.8. The summed E-state index contributed by atoms with van der Waals surface area (Å²) in [5, 5.41) is 15.2. The van der Waals surface area contributed by atoms with Gasteiger partial charge < -0.3 is 0 Å². The molecule has 0 spiro atoms. The number of nitrogens with one attached hydrogen (secondary N) is 1. The molecule has 26 heavy (non-hydrogen) atoms. The molecule has 0 aliphatic heterocycles. The number of hydrogen-bond acceptors (Lipinski definition) is 3. The van der Waals surface area contributed by atoms with Crippen LogP contribution in [-0.4, -0.2) is 14.8 Å². The Morgan fingerprint density at radius 1 is 1.12 bits per heavy atom. The highest BCUT2D eigenvalue weighted by atomic mass is 35.5. The number of fused-ring (bicyclic) bond motifs is 1. The summed E-state index contributed by atoms with van der Waals surface area (Å²) in [6, 6.07) is 17.7. The van der Waals surface area contributed by atoms with Crippen molar-refractivity contribution in [2.75, 3.05) is 0 Å². The van der Waals surface area contributed by atoms with Gasteiger partial charge in [-0.15, -0.1) is 0 Å². The number of H-pyrrole nitrogens is 1. The molecule has 5 nitrogen and oxygen atoms in total. The van der Waals surface area contributed by atoms with Crippen LogP contribution >= 0.6 is 11.6 Å². The van der Waals surface area contributed by atoms with E-state index in [1.54, 1.807) is 24.5 Å². The molecular weight excluding hydrogens is 348 g/mol. The third-order valence-electron chi connectivity index (χ3n) is 4.26. The van der Waals surface area contributed by atoms with Crippen LogP contribution < -0.4 is 5.56 Å². The molecule has 4 aromatic rings. The summed E-state index contributed by atoms with van der Waals surface area (Å²) in [5.74, 6) is 0. The Kier molecular flexibility index (Phi) is 4.04. The van der Waals surface area contributed by atoms with Gasteiger partial charge in [0, 0.05) is 40.0 Å². The van der Waals surface area contributed by atoms with E-state index < -0.39 is 6.04 Å². The molecule has 1 unspecified atom stereocenters. The molecule has 0 saturated carbocycles. The van der Waals surface area contributed by atoms with Crippen LogP contribution in [0.4, 0.5) is 0 Å². The van der Waals surface area contributed by atoms with Crippen molar-refractivity contribution in [3.8, 4) is 17.3 Å². The highest BCUT2D eigenvalue weighted by molar-refractivity contribution is 6.30. The summed E-state index contributed by atoms with van der Waals surface area (Å²) < 4.78 is 1.32. The van der Waals surface area contributed by atoms with Crippen LogP contribution in [0.2, 0.25) is 5.02 Å². The molecule has 2 aromatic heterocycles. The second-order valence-electron chi connectivity index (χ2n) is 5.87. The van der Waals surface area contributed by atoms with Crippen molar-refractivity contribution in [2.45, 2.75) is 6.04 Å². The highest BCUT2D eigenvalue weighted by Crippen LogP contribution is 2.26. The molecule has 0 amide bonds. The summed E-state index contributed by atoms with van der Waals surface area (Å²) in [5.41, 5.74) is 1.76. The quantitative estimate of drug-likeness (QED) is 0.596. The first-order chi connectivity index (χ1) is 12.7. The minimum Gasteiger partial charge on any atom is -0.293 e. The van der Waals surface area contributed by atoms with Gasteiger partial charge in [0.05, 0.1) is 11.8 Å². The monoisotopic (exact) mass is 360 g/mol. The zero-order chi connectivity index (χ0) is 18.1. The van der Waals surface area contributed by atoms with Crippen LogP contribution in [0, 0.1) is 11.3 Å². The van der Waals surface area contributed by atoms with E-state index in [9.17, 15) is 10.1 Å². The number of aromatic nitrogens is 3. The lowest BCUT2D eigenvalue weighted by atomic mass is 10.0. The van der Waals surface area contributed by atoms with Gasteiger partial charge in [-0.2, -0.15) is 5.26 Å². The lowest BCUT2D eigenvalue weighted by Gasteiger charge is -2.13. The maximum atomic E-state index is 12.5. The fraction of sp³-hybridized carbons (Fsp3) is 0.0500. The number of hydrogen-bond donors (Lipinski definition) is 1. The largest absolute Gasteiger partial charge is 0.293 e. The summed E-state index contributed by atoms with van der Waals surface area (Å²) in [7, 11) is 0. The number of nitriles is 1. The van der Waals surface area contributed by atoms with E-state index >= 15 is 0 Å². The van der Waals surface area contributed by atoms with Crippen LogP contribution in [0.5, 0.6) is 0 Å². The second kappa shape index (κ2) is 6.51. The fourth-order valence-electron chi connectivity index (χ4n) is 3.03. The SMILES string of the molecule is N#CC(c1cncc2ccccc12)n1[nH]c(-c2cccc(Cl)c2)cc1=O. The Hall–Kier alpha value is -3.36. The molecule has 0 saturated heterocycles. The van der Waals surface area contributed by atoms with Crippen molar-refractivity contribution >= 4 is 22.4 Å². The Bertz CT molecular complexity index is 1200. The first-order valence-corrected chi connectivity index (χ1v) is 8.35. The molecule has 0 aliphatic carbocycles. The van der Waals surface area contributed by atoms with E-state index in [-0.39, 0.29) is 5.56 Å². The van der Waals surface area contributed by atoms with Crippen LogP contribution in [0.15, 0.2) is 71.8 Å². The smallest absolute Gasteiger partial charge is 0.268 e. The standard InChI is InChI=1S/C20H13ClN4O/c21-15-6-3-5-13(8-15)18-9-20(26)25(24-18)19(10-22)17-12-23-11-14-4-1-2-7-16(14)17/h1-9,11-12,19,24H. The first-order valence-electron chi connectivity index (χ1n) is 7.97. The average Bonchev–Trinajstić information content (AvgIpc) is 3.04. The van der Waals surface area contributed by atoms with Gasteiger partial charge in [-0.3, -0.25) is 14.9 Å². The summed E-state index contributed by atoms with van der Waals surface area (Å²) >= 11 is 6.03. The summed E-state index contributed by atoms with van der Waals surface area (Å²) in [6.07, 6.45) is 3.37. The Balaban J connectivity index is 1.86. The number of aromatic amines is 1. The highest BCUT2D eigenvalue weighted by Gasteiger charge is 2.19. The van der Waals surface area contributed by atoms with Gasteiger partial charge in [0.15, 0.2) is 6.04 Å². The van der Waals surface area contributed by atoms with Crippen LogP contribution in [-0.2, 0) is 0 Å². The third-order valence-corrected chi connectivity index (χ3v) is 4.49. The maximum absolute atomic E-state index is 12.5. The Labute approximate surface area is 154 Å². The molecule has 4 rings (SSSR count). The molecule has 2 aromatic carbocycles. The molecule has 0 radical (unpaired) electrons. The molecule has 2 heterocycles. The Morgan fingerprint density at radius 3 is 2.77 bits per heavy atom.